The maximum atomic E-state index is 13.2. The largest absolute Gasteiger partial charge is 0.494 e. The molecule has 0 spiro atoms. The number of aryl methyl sites for hydroxylation is 1. The molecule has 134 valence electrons. The molecular formula is C19H22FNO3S. The molecule has 2 rings (SSSR count). The SMILES string of the molecule is CCOc1ccc(OCCSCC(=O)Nc2cc(F)ccc2C)cc1. The Balaban J connectivity index is 1.65. The minimum absolute atomic E-state index is 0.153. The van der Waals surface area contributed by atoms with Crippen molar-refractivity contribution in [2.45, 2.75) is 13.8 Å². The van der Waals surface area contributed by atoms with Gasteiger partial charge in [-0.05, 0) is 55.8 Å². The Labute approximate surface area is 151 Å². The molecule has 0 bridgehead atoms. The van der Waals surface area contributed by atoms with E-state index in [0.717, 1.165) is 17.1 Å². The first-order chi connectivity index (χ1) is 12.1. The zero-order valence-corrected chi connectivity index (χ0v) is 15.2. The van der Waals surface area contributed by atoms with Crippen LogP contribution in [-0.2, 0) is 4.79 Å². The lowest BCUT2D eigenvalue weighted by molar-refractivity contribution is -0.113. The highest BCUT2D eigenvalue weighted by Crippen LogP contribution is 2.18. The maximum absolute atomic E-state index is 13.2. The molecule has 0 aliphatic heterocycles. The maximum Gasteiger partial charge on any atom is 0.234 e. The molecule has 2 aromatic rings. The van der Waals surface area contributed by atoms with E-state index in [-0.39, 0.29) is 11.7 Å². The van der Waals surface area contributed by atoms with Crippen LogP contribution in [0.2, 0.25) is 0 Å². The third kappa shape index (κ3) is 6.66. The molecule has 0 saturated heterocycles. The average molecular weight is 363 g/mol. The molecule has 0 fully saturated rings. The highest BCUT2D eigenvalue weighted by molar-refractivity contribution is 7.99. The summed E-state index contributed by atoms with van der Waals surface area (Å²) in [7, 11) is 0. The van der Waals surface area contributed by atoms with Crippen LogP contribution < -0.4 is 14.8 Å². The van der Waals surface area contributed by atoms with Gasteiger partial charge in [-0.1, -0.05) is 6.07 Å². The van der Waals surface area contributed by atoms with Crippen molar-refractivity contribution < 1.29 is 18.7 Å². The minimum atomic E-state index is -0.364. The summed E-state index contributed by atoms with van der Waals surface area (Å²) in [6, 6.07) is 11.8. The molecule has 25 heavy (non-hydrogen) atoms. The van der Waals surface area contributed by atoms with E-state index in [1.807, 2.05) is 38.1 Å². The average Bonchev–Trinajstić information content (AvgIpc) is 2.59. The van der Waals surface area contributed by atoms with Crippen LogP contribution in [0.4, 0.5) is 10.1 Å². The van der Waals surface area contributed by atoms with Gasteiger partial charge in [0.2, 0.25) is 5.91 Å². The topological polar surface area (TPSA) is 47.6 Å². The van der Waals surface area contributed by atoms with Crippen molar-refractivity contribution in [1.82, 2.24) is 0 Å². The van der Waals surface area contributed by atoms with E-state index >= 15 is 0 Å². The molecule has 0 atom stereocenters. The summed E-state index contributed by atoms with van der Waals surface area (Å²) in [5.41, 5.74) is 1.34. The number of carbonyl (C=O) groups is 1. The molecule has 0 unspecified atom stereocenters. The van der Waals surface area contributed by atoms with Crippen LogP contribution in [0.3, 0.4) is 0 Å². The Bertz CT molecular complexity index is 692. The van der Waals surface area contributed by atoms with Gasteiger partial charge in [-0.3, -0.25) is 4.79 Å². The van der Waals surface area contributed by atoms with Crippen LogP contribution in [0.5, 0.6) is 11.5 Å². The van der Waals surface area contributed by atoms with Crippen LogP contribution in [-0.4, -0.2) is 30.6 Å². The summed E-state index contributed by atoms with van der Waals surface area (Å²) in [4.78, 5) is 11.9. The van der Waals surface area contributed by atoms with Crippen molar-refractivity contribution in [3.8, 4) is 11.5 Å². The Morgan fingerprint density at radius 2 is 1.80 bits per heavy atom. The number of benzene rings is 2. The third-order valence-corrected chi connectivity index (χ3v) is 4.26. The fraction of sp³-hybridized carbons (Fsp3) is 0.316. The van der Waals surface area contributed by atoms with Crippen LogP contribution in [0, 0.1) is 12.7 Å². The molecule has 0 aliphatic rings. The summed E-state index contributed by atoms with van der Waals surface area (Å²) in [5.74, 6) is 2.04. The van der Waals surface area contributed by atoms with Gasteiger partial charge in [0.25, 0.3) is 0 Å². The van der Waals surface area contributed by atoms with Gasteiger partial charge in [0, 0.05) is 11.4 Å². The molecular weight excluding hydrogens is 341 g/mol. The monoisotopic (exact) mass is 363 g/mol. The highest BCUT2D eigenvalue weighted by atomic mass is 32.2. The van der Waals surface area contributed by atoms with Crippen molar-refractivity contribution in [3.63, 3.8) is 0 Å². The molecule has 0 saturated carbocycles. The van der Waals surface area contributed by atoms with Crippen LogP contribution in [0.15, 0.2) is 42.5 Å². The first-order valence-electron chi connectivity index (χ1n) is 8.08. The fourth-order valence-corrected chi connectivity index (χ4v) is 2.70. The molecule has 1 amide bonds. The van der Waals surface area contributed by atoms with Crippen LogP contribution >= 0.6 is 11.8 Å². The second kappa shape index (κ2) is 9.93. The van der Waals surface area contributed by atoms with Gasteiger partial charge in [-0.25, -0.2) is 4.39 Å². The molecule has 1 N–H and O–H groups in total. The van der Waals surface area contributed by atoms with E-state index in [4.69, 9.17) is 9.47 Å². The molecule has 4 nitrogen and oxygen atoms in total. The number of halogens is 1. The van der Waals surface area contributed by atoms with E-state index in [2.05, 4.69) is 5.32 Å². The number of nitrogens with one attached hydrogen (secondary N) is 1. The number of thioether (sulfide) groups is 1. The second-order valence-electron chi connectivity index (χ2n) is 5.31. The van der Waals surface area contributed by atoms with Crippen LogP contribution in [0.1, 0.15) is 12.5 Å². The lowest BCUT2D eigenvalue weighted by Gasteiger charge is -2.09. The third-order valence-electron chi connectivity index (χ3n) is 3.34. The molecule has 0 aromatic heterocycles. The summed E-state index contributed by atoms with van der Waals surface area (Å²) >= 11 is 1.47. The van der Waals surface area contributed by atoms with Crippen molar-refractivity contribution in [1.29, 1.82) is 0 Å². The zero-order chi connectivity index (χ0) is 18.1. The smallest absolute Gasteiger partial charge is 0.234 e. The Kier molecular flexibility index (Phi) is 7.60. The lowest BCUT2D eigenvalue weighted by atomic mass is 10.2. The zero-order valence-electron chi connectivity index (χ0n) is 14.4. The van der Waals surface area contributed by atoms with Crippen molar-refractivity contribution in [2.24, 2.45) is 0 Å². The van der Waals surface area contributed by atoms with Gasteiger partial charge in [-0.15, -0.1) is 11.8 Å². The minimum Gasteiger partial charge on any atom is -0.494 e. The van der Waals surface area contributed by atoms with E-state index < -0.39 is 0 Å². The Morgan fingerprint density at radius 3 is 2.48 bits per heavy atom. The Hall–Kier alpha value is -2.21. The number of rotatable bonds is 9. The summed E-state index contributed by atoms with van der Waals surface area (Å²) in [5, 5.41) is 2.72. The van der Waals surface area contributed by atoms with Gasteiger partial charge >= 0.3 is 0 Å². The number of hydrogen-bond donors (Lipinski definition) is 1. The molecule has 0 heterocycles. The number of amides is 1. The summed E-state index contributed by atoms with van der Waals surface area (Å²) < 4.78 is 24.2. The van der Waals surface area contributed by atoms with Gasteiger partial charge in [0.15, 0.2) is 0 Å². The normalized spacial score (nSPS) is 10.4. The van der Waals surface area contributed by atoms with Crippen molar-refractivity contribution in [3.05, 3.63) is 53.8 Å². The van der Waals surface area contributed by atoms with Gasteiger partial charge in [0.05, 0.1) is 19.0 Å². The first-order valence-corrected chi connectivity index (χ1v) is 9.23. The van der Waals surface area contributed by atoms with E-state index in [9.17, 15) is 9.18 Å². The van der Waals surface area contributed by atoms with Gasteiger partial charge < -0.3 is 14.8 Å². The lowest BCUT2D eigenvalue weighted by Crippen LogP contribution is -2.16. The van der Waals surface area contributed by atoms with Gasteiger partial charge in [0.1, 0.15) is 17.3 Å². The molecule has 2 aromatic carbocycles. The van der Waals surface area contributed by atoms with E-state index in [0.29, 0.717) is 30.4 Å². The number of ether oxygens (including phenoxy) is 2. The molecule has 0 aliphatic carbocycles. The second-order valence-corrected chi connectivity index (χ2v) is 6.42. The number of carbonyl (C=O) groups excluding carboxylic acids is 1. The molecule has 0 radical (unpaired) electrons. The summed E-state index contributed by atoms with van der Waals surface area (Å²) in [6.07, 6.45) is 0. The first kappa shape index (κ1) is 19.1. The fourth-order valence-electron chi connectivity index (χ4n) is 2.10. The van der Waals surface area contributed by atoms with E-state index in [1.54, 1.807) is 6.07 Å². The number of hydrogen-bond acceptors (Lipinski definition) is 4. The van der Waals surface area contributed by atoms with Crippen molar-refractivity contribution >= 4 is 23.4 Å². The quantitative estimate of drug-likeness (QED) is 0.676. The predicted molar refractivity (Wildman–Crippen MR) is 100 cm³/mol. The van der Waals surface area contributed by atoms with Crippen LogP contribution in [0.25, 0.3) is 0 Å². The number of anilines is 1. The Morgan fingerprint density at radius 1 is 1.12 bits per heavy atom. The molecule has 6 heteroatoms. The van der Waals surface area contributed by atoms with Crippen molar-refractivity contribution in [2.75, 3.05) is 30.0 Å². The highest BCUT2D eigenvalue weighted by Gasteiger charge is 2.06. The predicted octanol–water partition coefficient (Wildman–Crippen LogP) is 4.28. The summed E-state index contributed by atoms with van der Waals surface area (Å²) in [6.45, 7) is 4.90. The van der Waals surface area contributed by atoms with E-state index in [1.165, 1.54) is 23.9 Å². The van der Waals surface area contributed by atoms with Gasteiger partial charge in [-0.2, -0.15) is 0 Å². The standard InChI is InChI=1S/C19H22FNO3S/c1-3-23-16-6-8-17(9-7-16)24-10-11-25-13-19(22)21-18-12-15(20)5-4-14(18)2/h4-9,12H,3,10-11,13H2,1-2H3,(H,21,22).